The van der Waals surface area contributed by atoms with Crippen LogP contribution in [0.25, 0.3) is 17.1 Å². The van der Waals surface area contributed by atoms with Crippen molar-refractivity contribution < 1.29 is 4.79 Å². The van der Waals surface area contributed by atoms with Gasteiger partial charge in [-0.3, -0.25) is 4.79 Å². The second-order valence-electron chi connectivity index (χ2n) is 7.42. The van der Waals surface area contributed by atoms with Gasteiger partial charge in [-0.2, -0.15) is 5.10 Å². The van der Waals surface area contributed by atoms with Gasteiger partial charge in [0.1, 0.15) is 5.82 Å². The zero-order valence-electron chi connectivity index (χ0n) is 16.5. The second kappa shape index (κ2) is 7.94. The summed E-state index contributed by atoms with van der Waals surface area (Å²) in [7, 11) is 0. The number of aromatic nitrogens is 5. The molecule has 1 aliphatic heterocycles. The van der Waals surface area contributed by atoms with E-state index in [1.165, 1.54) is 6.42 Å². The number of hydrogen-bond donors (Lipinski definition) is 1. The van der Waals surface area contributed by atoms with Crippen LogP contribution >= 0.6 is 0 Å². The lowest BCUT2D eigenvalue weighted by Crippen LogP contribution is -2.13. The average molecular weight is 398 g/mol. The molecule has 2 aromatic heterocycles. The summed E-state index contributed by atoms with van der Waals surface area (Å²) in [6.45, 7) is 0.936. The van der Waals surface area contributed by atoms with Gasteiger partial charge < -0.3 is 9.88 Å². The van der Waals surface area contributed by atoms with Crippen molar-refractivity contribution in [1.29, 1.82) is 0 Å². The lowest BCUT2D eigenvalue weighted by Gasteiger charge is -2.09. The Kier molecular flexibility index (Phi) is 4.85. The predicted molar refractivity (Wildman–Crippen MR) is 115 cm³/mol. The SMILES string of the molecule is O=C(Nc1cccc(-c2nnc3n2CCCCC3)c1)c1ccn(-c2ccccc2)n1. The number of nitrogens with zero attached hydrogens (tertiary/aromatic N) is 5. The van der Waals surface area contributed by atoms with Gasteiger partial charge in [0.05, 0.1) is 5.69 Å². The zero-order valence-corrected chi connectivity index (χ0v) is 16.5. The van der Waals surface area contributed by atoms with Gasteiger partial charge in [-0.25, -0.2) is 4.68 Å². The van der Waals surface area contributed by atoms with E-state index in [0.29, 0.717) is 11.4 Å². The minimum Gasteiger partial charge on any atom is -0.321 e. The van der Waals surface area contributed by atoms with Crippen LogP contribution in [-0.2, 0) is 13.0 Å². The molecule has 1 N–H and O–H groups in total. The Balaban J connectivity index is 1.36. The van der Waals surface area contributed by atoms with Gasteiger partial charge in [-0.15, -0.1) is 10.2 Å². The molecule has 150 valence electrons. The van der Waals surface area contributed by atoms with E-state index >= 15 is 0 Å². The van der Waals surface area contributed by atoms with Gasteiger partial charge in [0.2, 0.25) is 0 Å². The predicted octanol–water partition coefficient (Wildman–Crippen LogP) is 4.11. The number of hydrogen-bond acceptors (Lipinski definition) is 4. The second-order valence-corrected chi connectivity index (χ2v) is 7.42. The molecule has 1 aliphatic rings. The first-order chi connectivity index (χ1) is 14.8. The summed E-state index contributed by atoms with van der Waals surface area (Å²) >= 11 is 0. The summed E-state index contributed by atoms with van der Waals surface area (Å²) in [5.41, 5.74) is 2.92. The molecule has 4 aromatic rings. The summed E-state index contributed by atoms with van der Waals surface area (Å²) in [6.07, 6.45) is 6.26. The molecule has 0 atom stereocenters. The van der Waals surface area contributed by atoms with Gasteiger partial charge in [0.15, 0.2) is 11.5 Å². The highest BCUT2D eigenvalue weighted by atomic mass is 16.1. The maximum atomic E-state index is 12.7. The first-order valence-electron chi connectivity index (χ1n) is 10.2. The van der Waals surface area contributed by atoms with E-state index in [2.05, 4.69) is 25.2 Å². The van der Waals surface area contributed by atoms with Crippen LogP contribution in [0.5, 0.6) is 0 Å². The molecule has 0 radical (unpaired) electrons. The maximum Gasteiger partial charge on any atom is 0.276 e. The van der Waals surface area contributed by atoms with Crippen molar-refractivity contribution in [3.8, 4) is 17.1 Å². The molecule has 0 saturated heterocycles. The van der Waals surface area contributed by atoms with E-state index in [1.807, 2.05) is 54.6 Å². The Labute approximate surface area is 174 Å². The number of fused-ring (bicyclic) bond motifs is 1. The fraction of sp³-hybridized carbons (Fsp3) is 0.217. The summed E-state index contributed by atoms with van der Waals surface area (Å²) < 4.78 is 3.90. The van der Waals surface area contributed by atoms with E-state index in [0.717, 1.165) is 48.7 Å². The van der Waals surface area contributed by atoms with E-state index in [9.17, 15) is 4.79 Å². The quantitative estimate of drug-likeness (QED) is 0.561. The average Bonchev–Trinajstić information content (AvgIpc) is 3.37. The molecule has 30 heavy (non-hydrogen) atoms. The van der Waals surface area contributed by atoms with Gasteiger partial charge in [-0.1, -0.05) is 36.8 Å². The van der Waals surface area contributed by atoms with Crippen molar-refractivity contribution in [3.05, 3.63) is 78.4 Å². The Morgan fingerprint density at radius 3 is 2.73 bits per heavy atom. The first kappa shape index (κ1) is 18.3. The molecule has 0 spiro atoms. The molecular formula is C23H22N6O. The third-order valence-electron chi connectivity index (χ3n) is 5.33. The lowest BCUT2D eigenvalue weighted by molar-refractivity contribution is 0.102. The maximum absolute atomic E-state index is 12.7. The van der Waals surface area contributed by atoms with Crippen molar-refractivity contribution in [2.75, 3.05) is 5.32 Å². The molecule has 0 saturated carbocycles. The molecule has 7 nitrogen and oxygen atoms in total. The summed E-state index contributed by atoms with van der Waals surface area (Å²) in [5.74, 6) is 1.65. The van der Waals surface area contributed by atoms with E-state index < -0.39 is 0 Å². The number of carbonyl (C=O) groups is 1. The third kappa shape index (κ3) is 3.61. The zero-order chi connectivity index (χ0) is 20.3. The molecular weight excluding hydrogens is 376 g/mol. The molecule has 2 aromatic carbocycles. The summed E-state index contributed by atoms with van der Waals surface area (Å²) in [6, 6.07) is 19.2. The lowest BCUT2D eigenvalue weighted by atomic mass is 10.2. The fourth-order valence-electron chi connectivity index (χ4n) is 3.80. The number of para-hydroxylation sites is 1. The highest BCUT2D eigenvalue weighted by Crippen LogP contribution is 2.25. The molecule has 1 amide bonds. The Bertz CT molecular complexity index is 1180. The Hall–Kier alpha value is -3.74. The van der Waals surface area contributed by atoms with Crippen molar-refractivity contribution in [2.45, 2.75) is 32.2 Å². The molecule has 7 heteroatoms. The number of aryl methyl sites for hydroxylation is 1. The van der Waals surface area contributed by atoms with Crippen LogP contribution in [0, 0.1) is 0 Å². The van der Waals surface area contributed by atoms with Crippen molar-refractivity contribution in [3.63, 3.8) is 0 Å². The standard InChI is InChI=1S/C23H22N6O/c30-23(20-13-15-29(27-20)19-10-3-1-4-11-19)24-18-9-7-8-17(16-18)22-26-25-21-12-5-2-6-14-28(21)22/h1,3-4,7-11,13,15-16H,2,5-6,12,14H2,(H,24,30). The number of nitrogens with one attached hydrogen (secondary N) is 1. The van der Waals surface area contributed by atoms with Crippen molar-refractivity contribution >= 4 is 11.6 Å². The van der Waals surface area contributed by atoms with Crippen LogP contribution in [-0.4, -0.2) is 30.5 Å². The van der Waals surface area contributed by atoms with Gasteiger partial charge in [-0.05, 0) is 43.2 Å². The third-order valence-corrected chi connectivity index (χ3v) is 5.33. The van der Waals surface area contributed by atoms with Gasteiger partial charge in [0, 0.05) is 30.4 Å². The van der Waals surface area contributed by atoms with E-state index in [-0.39, 0.29) is 5.91 Å². The number of benzene rings is 2. The first-order valence-corrected chi connectivity index (χ1v) is 10.2. The minimum absolute atomic E-state index is 0.248. The van der Waals surface area contributed by atoms with Gasteiger partial charge in [0.25, 0.3) is 5.91 Å². The normalized spacial score (nSPS) is 13.5. The largest absolute Gasteiger partial charge is 0.321 e. The molecule has 0 bridgehead atoms. The number of amides is 1. The number of carbonyl (C=O) groups excluding carboxylic acids is 1. The van der Waals surface area contributed by atoms with E-state index in [4.69, 9.17) is 0 Å². The molecule has 3 heterocycles. The smallest absolute Gasteiger partial charge is 0.276 e. The monoisotopic (exact) mass is 398 g/mol. The van der Waals surface area contributed by atoms with Crippen LogP contribution in [0.4, 0.5) is 5.69 Å². The molecule has 0 unspecified atom stereocenters. The molecule has 0 fully saturated rings. The highest BCUT2D eigenvalue weighted by molar-refractivity contribution is 6.03. The number of anilines is 1. The van der Waals surface area contributed by atoms with Crippen LogP contribution in [0.2, 0.25) is 0 Å². The summed E-state index contributed by atoms with van der Waals surface area (Å²) in [4.78, 5) is 12.7. The molecule has 0 aliphatic carbocycles. The van der Waals surface area contributed by atoms with Crippen LogP contribution in [0.15, 0.2) is 66.9 Å². The highest BCUT2D eigenvalue weighted by Gasteiger charge is 2.17. The molecule has 5 rings (SSSR count). The van der Waals surface area contributed by atoms with E-state index in [1.54, 1.807) is 16.9 Å². The summed E-state index contributed by atoms with van der Waals surface area (Å²) in [5, 5.41) is 16.1. The van der Waals surface area contributed by atoms with Crippen LogP contribution in [0.1, 0.15) is 35.6 Å². The van der Waals surface area contributed by atoms with Crippen LogP contribution < -0.4 is 5.32 Å². The Morgan fingerprint density at radius 2 is 1.83 bits per heavy atom. The van der Waals surface area contributed by atoms with Crippen molar-refractivity contribution in [2.24, 2.45) is 0 Å². The van der Waals surface area contributed by atoms with Crippen molar-refractivity contribution in [1.82, 2.24) is 24.5 Å². The van der Waals surface area contributed by atoms with Crippen LogP contribution in [0.3, 0.4) is 0 Å². The topological polar surface area (TPSA) is 77.6 Å². The Morgan fingerprint density at radius 1 is 0.933 bits per heavy atom. The number of rotatable bonds is 4. The fourth-order valence-corrected chi connectivity index (χ4v) is 3.80. The van der Waals surface area contributed by atoms with Gasteiger partial charge >= 0.3 is 0 Å². The minimum atomic E-state index is -0.248.